The first-order valence-electron chi connectivity index (χ1n) is 11.5. The summed E-state index contributed by atoms with van der Waals surface area (Å²) in [6, 6.07) is 12.1. The van der Waals surface area contributed by atoms with Crippen LogP contribution in [0.3, 0.4) is 0 Å². The average molecular weight is 536 g/mol. The monoisotopic (exact) mass is 535 g/mol. The van der Waals surface area contributed by atoms with Gasteiger partial charge in [-0.15, -0.1) is 11.3 Å². The number of halogens is 3. The van der Waals surface area contributed by atoms with Gasteiger partial charge in [-0.25, -0.2) is 4.79 Å². The number of benzene rings is 2. The molecule has 0 saturated heterocycles. The third-order valence-electron chi connectivity index (χ3n) is 5.75. The lowest BCUT2D eigenvalue weighted by atomic mass is 9.94. The van der Waals surface area contributed by atoms with Crippen LogP contribution in [-0.4, -0.2) is 34.7 Å². The summed E-state index contributed by atoms with van der Waals surface area (Å²) in [7, 11) is 0. The number of carboxylic acids is 1. The van der Waals surface area contributed by atoms with Crippen LogP contribution in [0.2, 0.25) is 0 Å². The van der Waals surface area contributed by atoms with E-state index in [1.165, 1.54) is 23.5 Å². The van der Waals surface area contributed by atoms with Crippen LogP contribution in [0.25, 0.3) is 11.1 Å². The maximum atomic E-state index is 12.9. The van der Waals surface area contributed by atoms with Crippen molar-refractivity contribution in [1.29, 1.82) is 0 Å². The Labute approximate surface area is 216 Å². The summed E-state index contributed by atoms with van der Waals surface area (Å²) < 4.78 is 45.1. The van der Waals surface area contributed by atoms with Gasteiger partial charge in [0.2, 0.25) is 0 Å². The fourth-order valence-corrected chi connectivity index (χ4v) is 5.06. The molecule has 0 aliphatic carbocycles. The predicted octanol–water partition coefficient (Wildman–Crippen LogP) is 6.00. The van der Waals surface area contributed by atoms with E-state index in [4.69, 9.17) is 9.84 Å². The number of aryl methyl sites for hydroxylation is 2. The fourth-order valence-electron chi connectivity index (χ4n) is 3.93. The van der Waals surface area contributed by atoms with Crippen molar-refractivity contribution in [2.24, 2.45) is 5.92 Å². The number of aliphatic hydroxyl groups is 1. The molecule has 10 heteroatoms. The summed E-state index contributed by atoms with van der Waals surface area (Å²) in [5.41, 5.74) is 2.51. The number of thiophene rings is 1. The smallest absolute Gasteiger partial charge is 0.416 e. The molecule has 1 heterocycles. The highest BCUT2D eigenvalue weighted by atomic mass is 32.1. The molecule has 0 spiro atoms. The van der Waals surface area contributed by atoms with Gasteiger partial charge in [-0.05, 0) is 78.4 Å². The standard InChI is InChI=1S/C27H28F3NO5S/c1-14(2)24(21-9-10-22(37-21)25(33)31-13-20(32)26(34)35)36-19-11-15(3)23(16(4)12-19)17-5-7-18(8-6-17)27(28,29)30/h5-12,14,20,24,32H,13H2,1-4H3,(H,31,33)(H,34,35). The van der Waals surface area contributed by atoms with E-state index in [-0.39, 0.29) is 12.0 Å². The minimum Gasteiger partial charge on any atom is -0.485 e. The van der Waals surface area contributed by atoms with Gasteiger partial charge in [0.25, 0.3) is 5.91 Å². The number of aliphatic carboxylic acids is 1. The van der Waals surface area contributed by atoms with E-state index < -0.39 is 36.3 Å². The Morgan fingerprint density at radius 2 is 1.62 bits per heavy atom. The van der Waals surface area contributed by atoms with Crippen LogP contribution in [-0.2, 0) is 11.0 Å². The molecule has 2 aromatic carbocycles. The van der Waals surface area contributed by atoms with Crippen molar-refractivity contribution in [1.82, 2.24) is 5.32 Å². The van der Waals surface area contributed by atoms with Gasteiger partial charge in [0.15, 0.2) is 6.10 Å². The second-order valence-corrected chi connectivity index (χ2v) is 10.2. The minimum absolute atomic E-state index is 0.0404. The zero-order valence-electron chi connectivity index (χ0n) is 20.7. The molecule has 3 rings (SSSR count). The van der Waals surface area contributed by atoms with Crippen LogP contribution in [0.15, 0.2) is 48.5 Å². The number of hydrogen-bond acceptors (Lipinski definition) is 5. The van der Waals surface area contributed by atoms with Gasteiger partial charge in [-0.3, -0.25) is 4.79 Å². The normalized spacial score (nSPS) is 13.3. The third-order valence-corrected chi connectivity index (χ3v) is 6.89. The van der Waals surface area contributed by atoms with Gasteiger partial charge in [-0.1, -0.05) is 26.0 Å². The molecular formula is C27H28F3NO5S. The second-order valence-electron chi connectivity index (χ2n) is 9.06. The number of alkyl halides is 3. The number of nitrogens with one attached hydrogen (secondary N) is 1. The first kappa shape index (κ1) is 28.2. The van der Waals surface area contributed by atoms with Crippen LogP contribution >= 0.6 is 11.3 Å². The van der Waals surface area contributed by atoms with Crippen LogP contribution in [0, 0.1) is 19.8 Å². The summed E-state index contributed by atoms with van der Waals surface area (Å²) in [6.45, 7) is 7.29. The van der Waals surface area contributed by atoms with Gasteiger partial charge >= 0.3 is 12.1 Å². The van der Waals surface area contributed by atoms with Crippen molar-refractivity contribution >= 4 is 23.2 Å². The van der Waals surface area contributed by atoms with E-state index in [2.05, 4.69) is 5.32 Å². The van der Waals surface area contributed by atoms with Gasteiger partial charge in [-0.2, -0.15) is 13.2 Å². The molecule has 2 atom stereocenters. The van der Waals surface area contributed by atoms with Crippen molar-refractivity contribution in [2.75, 3.05) is 6.54 Å². The molecule has 2 unspecified atom stereocenters. The van der Waals surface area contributed by atoms with Gasteiger partial charge < -0.3 is 20.3 Å². The maximum Gasteiger partial charge on any atom is 0.416 e. The Hall–Kier alpha value is -3.37. The van der Waals surface area contributed by atoms with Crippen LogP contribution < -0.4 is 10.1 Å². The minimum atomic E-state index is -4.39. The zero-order chi connectivity index (χ0) is 27.5. The van der Waals surface area contributed by atoms with E-state index in [0.717, 1.165) is 33.7 Å². The first-order valence-corrected chi connectivity index (χ1v) is 12.3. The first-order chi connectivity index (χ1) is 17.3. The highest BCUT2D eigenvalue weighted by molar-refractivity contribution is 7.14. The lowest BCUT2D eigenvalue weighted by Crippen LogP contribution is -2.36. The SMILES string of the molecule is Cc1cc(OC(c2ccc(C(=O)NCC(O)C(=O)O)s2)C(C)C)cc(C)c1-c1ccc(C(F)(F)F)cc1. The van der Waals surface area contributed by atoms with E-state index in [1.807, 2.05) is 39.8 Å². The second kappa shape index (κ2) is 11.4. The Morgan fingerprint density at radius 1 is 1.03 bits per heavy atom. The topological polar surface area (TPSA) is 95.9 Å². The molecule has 1 amide bonds. The number of amides is 1. The van der Waals surface area contributed by atoms with Gasteiger partial charge in [0, 0.05) is 4.88 Å². The Morgan fingerprint density at radius 3 is 2.14 bits per heavy atom. The van der Waals surface area contributed by atoms with Crippen molar-refractivity contribution in [2.45, 2.75) is 46.1 Å². The molecule has 6 nitrogen and oxygen atoms in total. The maximum absolute atomic E-state index is 12.9. The van der Waals surface area contributed by atoms with E-state index in [0.29, 0.717) is 16.2 Å². The number of carbonyl (C=O) groups excluding carboxylic acids is 1. The summed E-state index contributed by atoms with van der Waals surface area (Å²) in [6.07, 6.45) is -6.46. The molecule has 37 heavy (non-hydrogen) atoms. The molecule has 0 saturated carbocycles. The molecule has 3 aromatic rings. The lowest BCUT2D eigenvalue weighted by molar-refractivity contribution is -0.146. The van der Waals surface area contributed by atoms with E-state index >= 15 is 0 Å². The number of ether oxygens (including phenoxy) is 1. The van der Waals surface area contributed by atoms with Crippen molar-refractivity contribution < 1.29 is 37.7 Å². The Kier molecular flexibility index (Phi) is 8.65. The summed E-state index contributed by atoms with van der Waals surface area (Å²) >= 11 is 1.21. The molecule has 0 bridgehead atoms. The summed E-state index contributed by atoms with van der Waals surface area (Å²) in [5, 5.41) is 20.5. The third kappa shape index (κ3) is 6.90. The predicted molar refractivity (Wildman–Crippen MR) is 135 cm³/mol. The van der Waals surface area contributed by atoms with Crippen molar-refractivity contribution in [3.63, 3.8) is 0 Å². The van der Waals surface area contributed by atoms with Gasteiger partial charge in [0.05, 0.1) is 17.0 Å². The summed E-state index contributed by atoms with van der Waals surface area (Å²) in [4.78, 5) is 24.2. The Balaban J connectivity index is 1.80. The number of hydrogen-bond donors (Lipinski definition) is 3. The van der Waals surface area contributed by atoms with E-state index in [9.17, 15) is 27.9 Å². The molecule has 0 radical (unpaired) electrons. The zero-order valence-corrected chi connectivity index (χ0v) is 21.5. The average Bonchev–Trinajstić information content (AvgIpc) is 3.30. The molecule has 1 aromatic heterocycles. The van der Waals surface area contributed by atoms with Gasteiger partial charge in [0.1, 0.15) is 11.9 Å². The van der Waals surface area contributed by atoms with Crippen molar-refractivity contribution in [3.05, 3.63) is 75.0 Å². The van der Waals surface area contributed by atoms with Crippen molar-refractivity contribution in [3.8, 4) is 16.9 Å². The highest BCUT2D eigenvalue weighted by Crippen LogP contribution is 2.37. The lowest BCUT2D eigenvalue weighted by Gasteiger charge is -2.23. The summed E-state index contributed by atoms with van der Waals surface area (Å²) in [5.74, 6) is -1.28. The van der Waals surface area contributed by atoms with Crippen LogP contribution in [0.5, 0.6) is 5.75 Å². The largest absolute Gasteiger partial charge is 0.485 e. The van der Waals surface area contributed by atoms with Crippen LogP contribution in [0.1, 0.15) is 51.2 Å². The molecular weight excluding hydrogens is 507 g/mol. The van der Waals surface area contributed by atoms with Crippen LogP contribution in [0.4, 0.5) is 13.2 Å². The highest BCUT2D eigenvalue weighted by Gasteiger charge is 2.30. The number of rotatable bonds is 9. The molecule has 0 aliphatic heterocycles. The molecule has 198 valence electrons. The Bertz CT molecular complexity index is 1240. The molecule has 0 fully saturated rings. The number of carboxylic acid groups (broad SMARTS) is 1. The molecule has 0 aliphatic rings. The fraction of sp³-hybridized carbons (Fsp3) is 0.333. The van der Waals surface area contributed by atoms with E-state index in [1.54, 1.807) is 12.1 Å². The molecule has 3 N–H and O–H groups in total. The number of carbonyl (C=O) groups is 2. The number of aliphatic hydroxyl groups excluding tert-OH is 1. The quantitative estimate of drug-likeness (QED) is 0.312.